The van der Waals surface area contributed by atoms with Gasteiger partial charge in [-0.2, -0.15) is 0 Å². The Morgan fingerprint density at radius 1 is 1.09 bits per heavy atom. The largest absolute Gasteiger partial charge is 0.460 e. The van der Waals surface area contributed by atoms with E-state index in [0.29, 0.717) is 40.8 Å². The second-order valence-corrected chi connectivity index (χ2v) is 10.6. The van der Waals surface area contributed by atoms with Crippen molar-refractivity contribution in [3.8, 4) is 0 Å². The van der Waals surface area contributed by atoms with Crippen LogP contribution in [0.25, 0.3) is 11.0 Å². The van der Waals surface area contributed by atoms with Gasteiger partial charge < -0.3 is 9.15 Å². The van der Waals surface area contributed by atoms with Crippen LogP contribution in [0.3, 0.4) is 0 Å². The van der Waals surface area contributed by atoms with E-state index in [1.54, 1.807) is 30.3 Å². The van der Waals surface area contributed by atoms with E-state index < -0.39 is 26.2 Å². The molecule has 0 spiro atoms. The van der Waals surface area contributed by atoms with Crippen LogP contribution in [0.4, 0.5) is 0 Å². The van der Waals surface area contributed by atoms with E-state index in [-0.39, 0.29) is 24.3 Å². The summed E-state index contributed by atoms with van der Waals surface area (Å²) in [6.07, 6.45) is 2.30. The van der Waals surface area contributed by atoms with Crippen LogP contribution in [0, 0.1) is 0 Å². The topological polar surface area (TPSA) is 90.7 Å². The van der Waals surface area contributed by atoms with Crippen LogP contribution in [0.5, 0.6) is 0 Å². The molecule has 1 aromatic heterocycles. The number of ether oxygens (including phenoxy) is 1. The zero-order valence-electron chi connectivity index (χ0n) is 17.6. The molecule has 1 heterocycles. The SMILES string of the molecule is CCc1cc2oc(=O)cc(COC(=O)C3(S(=O)(=O)c4ccccc4)CCCC3)c2cc1Cl. The van der Waals surface area contributed by atoms with E-state index in [2.05, 4.69) is 0 Å². The molecule has 1 aliphatic carbocycles. The molecule has 0 bridgehead atoms. The zero-order chi connectivity index (χ0) is 22.9. The third kappa shape index (κ3) is 3.84. The molecule has 0 unspecified atom stereocenters. The van der Waals surface area contributed by atoms with Gasteiger partial charge in [-0.1, -0.05) is 49.6 Å². The van der Waals surface area contributed by atoms with Crippen molar-refractivity contribution >= 4 is 38.4 Å². The summed E-state index contributed by atoms with van der Waals surface area (Å²) in [5.41, 5.74) is 1.01. The molecule has 3 aromatic rings. The lowest BCUT2D eigenvalue weighted by Gasteiger charge is -2.26. The first-order valence-electron chi connectivity index (χ1n) is 10.5. The van der Waals surface area contributed by atoms with Crippen molar-refractivity contribution in [2.75, 3.05) is 0 Å². The Labute approximate surface area is 191 Å². The summed E-state index contributed by atoms with van der Waals surface area (Å²) < 4.78 is 36.0. The van der Waals surface area contributed by atoms with E-state index >= 15 is 0 Å². The molecule has 2 aromatic carbocycles. The summed E-state index contributed by atoms with van der Waals surface area (Å²) in [4.78, 5) is 25.4. The van der Waals surface area contributed by atoms with E-state index in [0.717, 1.165) is 5.56 Å². The van der Waals surface area contributed by atoms with Crippen molar-refractivity contribution < 1.29 is 22.4 Å². The first kappa shape index (κ1) is 22.6. The fourth-order valence-corrected chi connectivity index (χ4v) is 6.68. The molecule has 0 aliphatic heterocycles. The van der Waals surface area contributed by atoms with E-state index in [4.69, 9.17) is 20.8 Å². The Hall–Kier alpha value is -2.64. The van der Waals surface area contributed by atoms with E-state index in [1.807, 2.05) is 6.92 Å². The predicted molar refractivity (Wildman–Crippen MR) is 121 cm³/mol. The standard InChI is InChI=1S/C24H23ClO6S/c1-2-16-12-21-19(14-20(16)25)17(13-22(26)31-21)15-30-23(27)24(10-6-7-11-24)32(28,29)18-8-4-3-5-9-18/h3-5,8-9,12-14H,2,6-7,10-11,15H2,1H3. The molecule has 0 amide bonds. The molecule has 6 nitrogen and oxygen atoms in total. The number of fused-ring (bicyclic) bond motifs is 1. The third-order valence-corrected chi connectivity index (χ3v) is 8.94. The normalized spacial score (nSPS) is 15.7. The first-order chi connectivity index (χ1) is 15.3. The number of rotatable bonds is 6. The Balaban J connectivity index is 1.67. The number of hydrogen-bond donors (Lipinski definition) is 0. The lowest BCUT2D eigenvalue weighted by atomic mass is 10.1. The monoisotopic (exact) mass is 474 g/mol. The summed E-state index contributed by atoms with van der Waals surface area (Å²) >= 11 is 6.32. The maximum absolute atomic E-state index is 13.4. The highest BCUT2D eigenvalue weighted by Crippen LogP contribution is 2.41. The number of sulfone groups is 1. The molecule has 32 heavy (non-hydrogen) atoms. The van der Waals surface area contributed by atoms with Crippen molar-refractivity contribution in [2.45, 2.75) is 55.3 Å². The van der Waals surface area contributed by atoms with Crippen molar-refractivity contribution in [1.29, 1.82) is 0 Å². The summed E-state index contributed by atoms with van der Waals surface area (Å²) in [6.45, 7) is 1.68. The maximum Gasteiger partial charge on any atom is 0.336 e. The Morgan fingerprint density at radius 3 is 2.44 bits per heavy atom. The molecule has 0 radical (unpaired) electrons. The summed E-state index contributed by atoms with van der Waals surface area (Å²) in [5.74, 6) is -0.795. The van der Waals surface area contributed by atoms with Gasteiger partial charge in [0.1, 0.15) is 12.2 Å². The summed E-state index contributed by atoms with van der Waals surface area (Å²) in [7, 11) is -3.95. The quantitative estimate of drug-likeness (QED) is 0.375. The number of carbonyl (C=O) groups excluding carboxylic acids is 1. The second-order valence-electron chi connectivity index (χ2n) is 7.98. The number of halogens is 1. The molecule has 4 rings (SSSR count). The summed E-state index contributed by atoms with van der Waals surface area (Å²) in [6, 6.07) is 12.6. The molecule has 1 fully saturated rings. The molecule has 0 atom stereocenters. The molecular formula is C24H23ClO6S. The van der Waals surface area contributed by atoms with Crippen LogP contribution < -0.4 is 5.63 Å². The third-order valence-electron chi connectivity index (χ3n) is 6.09. The number of aryl methyl sites for hydroxylation is 1. The van der Waals surface area contributed by atoms with Crippen LogP contribution in [-0.4, -0.2) is 19.1 Å². The van der Waals surface area contributed by atoms with Crippen LogP contribution in [0.2, 0.25) is 5.02 Å². The fourth-order valence-electron chi connectivity index (χ4n) is 4.31. The predicted octanol–water partition coefficient (Wildman–Crippen LogP) is 4.84. The van der Waals surface area contributed by atoms with Crippen molar-refractivity contribution in [1.82, 2.24) is 0 Å². The average Bonchev–Trinajstić information content (AvgIpc) is 3.30. The minimum Gasteiger partial charge on any atom is -0.460 e. The Bertz CT molecular complexity index is 1320. The maximum atomic E-state index is 13.4. The van der Waals surface area contributed by atoms with Gasteiger partial charge in [-0.3, -0.25) is 4.79 Å². The number of carbonyl (C=O) groups is 1. The van der Waals surface area contributed by atoms with Gasteiger partial charge in [0.05, 0.1) is 4.90 Å². The van der Waals surface area contributed by atoms with Gasteiger partial charge in [-0.25, -0.2) is 13.2 Å². The van der Waals surface area contributed by atoms with Gasteiger partial charge in [0.2, 0.25) is 0 Å². The molecular weight excluding hydrogens is 452 g/mol. The lowest BCUT2D eigenvalue weighted by Crippen LogP contribution is -2.45. The van der Waals surface area contributed by atoms with Gasteiger partial charge in [-0.15, -0.1) is 0 Å². The van der Waals surface area contributed by atoms with Gasteiger partial charge in [0.25, 0.3) is 0 Å². The van der Waals surface area contributed by atoms with Crippen LogP contribution in [-0.2, 0) is 32.4 Å². The zero-order valence-corrected chi connectivity index (χ0v) is 19.2. The van der Waals surface area contributed by atoms with Gasteiger partial charge in [0.15, 0.2) is 14.6 Å². The molecule has 8 heteroatoms. The fraction of sp³-hybridized carbons (Fsp3) is 0.333. The van der Waals surface area contributed by atoms with Crippen molar-refractivity contribution in [3.05, 3.63) is 75.1 Å². The van der Waals surface area contributed by atoms with E-state index in [9.17, 15) is 18.0 Å². The lowest BCUT2D eigenvalue weighted by molar-refractivity contribution is -0.148. The Kier molecular flexibility index (Phi) is 6.14. The molecule has 0 saturated heterocycles. The number of hydrogen-bond acceptors (Lipinski definition) is 6. The van der Waals surface area contributed by atoms with Gasteiger partial charge in [-0.05, 0) is 49.1 Å². The molecule has 168 valence electrons. The highest BCUT2D eigenvalue weighted by molar-refractivity contribution is 7.93. The van der Waals surface area contributed by atoms with Crippen molar-refractivity contribution in [2.24, 2.45) is 0 Å². The minimum atomic E-state index is -3.95. The smallest absolute Gasteiger partial charge is 0.336 e. The average molecular weight is 475 g/mol. The number of benzene rings is 2. The summed E-state index contributed by atoms with van der Waals surface area (Å²) in [5, 5.41) is 1.06. The molecule has 0 N–H and O–H groups in total. The number of esters is 1. The van der Waals surface area contributed by atoms with Crippen molar-refractivity contribution in [3.63, 3.8) is 0 Å². The van der Waals surface area contributed by atoms with Gasteiger partial charge >= 0.3 is 11.6 Å². The van der Waals surface area contributed by atoms with Gasteiger partial charge in [0, 0.05) is 22.0 Å². The first-order valence-corrected chi connectivity index (χ1v) is 12.4. The second kappa shape index (κ2) is 8.71. The minimum absolute atomic E-state index is 0.100. The van der Waals surface area contributed by atoms with Crippen LogP contribution in [0.15, 0.2) is 62.6 Å². The molecule has 1 saturated carbocycles. The van der Waals surface area contributed by atoms with Crippen LogP contribution >= 0.6 is 11.6 Å². The molecule has 1 aliphatic rings. The Morgan fingerprint density at radius 2 is 1.78 bits per heavy atom. The highest BCUT2D eigenvalue weighted by atomic mass is 35.5. The van der Waals surface area contributed by atoms with Crippen LogP contribution in [0.1, 0.15) is 43.7 Å². The highest BCUT2D eigenvalue weighted by Gasteiger charge is 2.54. The van der Waals surface area contributed by atoms with E-state index in [1.165, 1.54) is 18.2 Å².